The number of methoxy groups -OCH3 is 1. The first-order valence-corrected chi connectivity index (χ1v) is 6.84. The predicted molar refractivity (Wildman–Crippen MR) is 68.5 cm³/mol. The van der Waals surface area contributed by atoms with Gasteiger partial charge in [0.05, 0.1) is 16.9 Å². The summed E-state index contributed by atoms with van der Waals surface area (Å²) in [5, 5.41) is 10.8. The maximum atomic E-state index is 11.9. The minimum atomic E-state index is -3.83. The molecule has 0 bridgehead atoms. The van der Waals surface area contributed by atoms with E-state index in [2.05, 4.69) is 4.72 Å². The van der Waals surface area contributed by atoms with Crippen LogP contribution in [0.3, 0.4) is 0 Å². The molecule has 3 N–H and O–H groups in total. The Bertz CT molecular complexity index is 571. The van der Waals surface area contributed by atoms with Crippen molar-refractivity contribution in [1.29, 1.82) is 0 Å². The molecule has 0 saturated carbocycles. The molecule has 1 atom stereocenters. The molecule has 0 heterocycles. The van der Waals surface area contributed by atoms with Gasteiger partial charge in [0.15, 0.2) is 5.75 Å². The van der Waals surface area contributed by atoms with Crippen molar-refractivity contribution in [3.8, 4) is 5.75 Å². The smallest absolute Gasteiger partial charge is 0.312 e. The number of benzene rings is 1. The Morgan fingerprint density at radius 3 is 2.63 bits per heavy atom. The number of nitro benzene ring substituents is 1. The van der Waals surface area contributed by atoms with Crippen LogP contribution in [0.4, 0.5) is 5.69 Å². The third kappa shape index (κ3) is 3.88. The van der Waals surface area contributed by atoms with Crippen LogP contribution in [0.1, 0.15) is 6.92 Å². The summed E-state index contributed by atoms with van der Waals surface area (Å²) in [5.41, 5.74) is 5.04. The van der Waals surface area contributed by atoms with Gasteiger partial charge in [-0.15, -0.1) is 0 Å². The zero-order valence-corrected chi connectivity index (χ0v) is 11.3. The lowest BCUT2D eigenvalue weighted by Crippen LogP contribution is -2.35. The fourth-order valence-electron chi connectivity index (χ4n) is 1.30. The Morgan fingerprint density at radius 2 is 2.16 bits per heavy atom. The lowest BCUT2D eigenvalue weighted by molar-refractivity contribution is -0.386. The number of nitro groups is 1. The summed E-state index contributed by atoms with van der Waals surface area (Å²) in [6.07, 6.45) is 0. The van der Waals surface area contributed by atoms with Crippen LogP contribution in [0.2, 0.25) is 0 Å². The van der Waals surface area contributed by atoms with Crippen LogP contribution in [-0.4, -0.2) is 33.0 Å². The molecule has 0 amide bonds. The van der Waals surface area contributed by atoms with Gasteiger partial charge >= 0.3 is 5.69 Å². The van der Waals surface area contributed by atoms with Crippen molar-refractivity contribution in [3.63, 3.8) is 0 Å². The molecule has 1 unspecified atom stereocenters. The third-order valence-corrected chi connectivity index (χ3v) is 3.67. The van der Waals surface area contributed by atoms with Gasteiger partial charge in [-0.2, -0.15) is 0 Å². The molecule has 9 heteroatoms. The first-order valence-electron chi connectivity index (χ1n) is 5.35. The molecule has 0 saturated heterocycles. The van der Waals surface area contributed by atoms with Crippen molar-refractivity contribution in [1.82, 2.24) is 4.72 Å². The minimum Gasteiger partial charge on any atom is -0.490 e. The zero-order chi connectivity index (χ0) is 14.6. The molecule has 1 aromatic rings. The maximum Gasteiger partial charge on any atom is 0.312 e. The summed E-state index contributed by atoms with van der Waals surface area (Å²) in [6.45, 7) is 1.68. The molecule has 0 fully saturated rings. The van der Waals surface area contributed by atoms with Crippen LogP contribution in [-0.2, 0) is 10.0 Å². The maximum absolute atomic E-state index is 11.9. The Balaban J connectivity index is 3.14. The molecular weight excluding hydrogens is 274 g/mol. The fraction of sp³-hybridized carbons (Fsp3) is 0.400. The molecular formula is C10H15N3O5S. The minimum absolute atomic E-state index is 0.00357. The van der Waals surface area contributed by atoms with Gasteiger partial charge in [-0.1, -0.05) is 0 Å². The Labute approximate surface area is 110 Å². The number of nitrogens with one attached hydrogen (secondary N) is 1. The second kappa shape index (κ2) is 5.95. The van der Waals surface area contributed by atoms with Crippen molar-refractivity contribution in [2.24, 2.45) is 5.73 Å². The Kier molecular flexibility index (Phi) is 4.81. The number of nitrogens with zero attached hydrogens (tertiary/aromatic N) is 1. The second-order valence-corrected chi connectivity index (χ2v) is 5.69. The summed E-state index contributed by atoms with van der Waals surface area (Å²) in [7, 11) is -2.56. The van der Waals surface area contributed by atoms with E-state index in [1.807, 2.05) is 0 Å². The molecule has 19 heavy (non-hydrogen) atoms. The lowest BCUT2D eigenvalue weighted by atomic mass is 10.3. The molecule has 8 nitrogen and oxygen atoms in total. The van der Waals surface area contributed by atoms with Crippen LogP contribution in [0.15, 0.2) is 23.1 Å². The number of rotatable bonds is 6. The van der Waals surface area contributed by atoms with Gasteiger partial charge in [0.2, 0.25) is 10.0 Å². The van der Waals surface area contributed by atoms with E-state index in [9.17, 15) is 18.5 Å². The average Bonchev–Trinajstić information content (AvgIpc) is 2.35. The van der Waals surface area contributed by atoms with Crippen LogP contribution in [0.25, 0.3) is 0 Å². The highest BCUT2D eigenvalue weighted by molar-refractivity contribution is 7.89. The van der Waals surface area contributed by atoms with E-state index in [1.165, 1.54) is 19.2 Å². The van der Waals surface area contributed by atoms with E-state index in [0.717, 1.165) is 6.07 Å². The highest BCUT2D eigenvalue weighted by Crippen LogP contribution is 2.29. The third-order valence-electron chi connectivity index (χ3n) is 2.25. The van der Waals surface area contributed by atoms with Gasteiger partial charge in [-0.3, -0.25) is 10.1 Å². The molecule has 1 rings (SSSR count). The average molecular weight is 289 g/mol. The van der Waals surface area contributed by atoms with Crippen LogP contribution in [0.5, 0.6) is 5.75 Å². The lowest BCUT2D eigenvalue weighted by Gasteiger charge is -2.09. The van der Waals surface area contributed by atoms with Crippen LogP contribution >= 0.6 is 0 Å². The fourth-order valence-corrected chi connectivity index (χ4v) is 2.47. The van der Waals surface area contributed by atoms with Gasteiger partial charge in [-0.25, -0.2) is 13.1 Å². The molecule has 0 radical (unpaired) electrons. The van der Waals surface area contributed by atoms with Gasteiger partial charge in [0.25, 0.3) is 0 Å². The van der Waals surface area contributed by atoms with Crippen molar-refractivity contribution in [2.75, 3.05) is 13.7 Å². The van der Waals surface area contributed by atoms with Crippen LogP contribution in [0, 0.1) is 10.1 Å². The molecule has 0 spiro atoms. The number of hydrogen-bond acceptors (Lipinski definition) is 6. The Hall–Kier alpha value is -1.71. The SMILES string of the molecule is COc1ccc(S(=O)(=O)NCC(C)N)cc1[N+](=O)[O-]. The largest absolute Gasteiger partial charge is 0.490 e. The highest BCUT2D eigenvalue weighted by atomic mass is 32.2. The van der Waals surface area contributed by atoms with Crippen molar-refractivity contribution in [3.05, 3.63) is 28.3 Å². The van der Waals surface area contributed by atoms with Gasteiger partial charge in [0.1, 0.15) is 0 Å². The van der Waals surface area contributed by atoms with Crippen molar-refractivity contribution in [2.45, 2.75) is 17.9 Å². The van der Waals surface area contributed by atoms with E-state index >= 15 is 0 Å². The topological polar surface area (TPSA) is 125 Å². The monoisotopic (exact) mass is 289 g/mol. The number of hydrogen-bond donors (Lipinski definition) is 2. The summed E-state index contributed by atoms with van der Waals surface area (Å²) in [4.78, 5) is 9.90. The number of sulfonamides is 1. The summed E-state index contributed by atoms with van der Waals surface area (Å²) in [6, 6.07) is 3.05. The summed E-state index contributed by atoms with van der Waals surface area (Å²) in [5.74, 6) is -0.00357. The molecule has 0 aromatic heterocycles. The highest BCUT2D eigenvalue weighted by Gasteiger charge is 2.21. The van der Waals surface area contributed by atoms with Crippen molar-refractivity contribution >= 4 is 15.7 Å². The molecule has 106 valence electrons. The number of nitrogens with two attached hydrogens (primary N) is 1. The van der Waals surface area contributed by atoms with E-state index in [4.69, 9.17) is 10.5 Å². The predicted octanol–water partition coefficient (Wildman–Crippen LogP) is 0.229. The second-order valence-electron chi connectivity index (χ2n) is 3.92. The normalized spacial score (nSPS) is 13.0. The van der Waals surface area contributed by atoms with E-state index in [1.54, 1.807) is 6.92 Å². The van der Waals surface area contributed by atoms with Gasteiger partial charge in [-0.05, 0) is 19.1 Å². The first-order chi connectivity index (χ1) is 8.77. The molecule has 1 aromatic carbocycles. The number of ether oxygens (including phenoxy) is 1. The molecule has 0 aliphatic heterocycles. The van der Waals surface area contributed by atoms with Gasteiger partial charge in [0, 0.05) is 18.7 Å². The van der Waals surface area contributed by atoms with Crippen LogP contribution < -0.4 is 15.2 Å². The summed E-state index contributed by atoms with van der Waals surface area (Å²) < 4.78 is 30.8. The quantitative estimate of drug-likeness (QED) is 0.570. The first kappa shape index (κ1) is 15.3. The standard InChI is InChI=1S/C10H15N3O5S/c1-7(11)6-12-19(16,17)8-3-4-10(18-2)9(5-8)13(14)15/h3-5,7,12H,6,11H2,1-2H3. The van der Waals surface area contributed by atoms with Crippen molar-refractivity contribution < 1.29 is 18.1 Å². The van der Waals surface area contributed by atoms with Gasteiger partial charge < -0.3 is 10.5 Å². The molecule has 0 aliphatic carbocycles. The Morgan fingerprint density at radius 1 is 1.53 bits per heavy atom. The summed E-state index contributed by atoms with van der Waals surface area (Å²) >= 11 is 0. The van der Waals surface area contributed by atoms with E-state index in [-0.39, 0.29) is 23.2 Å². The van der Waals surface area contributed by atoms with E-state index in [0.29, 0.717) is 0 Å². The molecule has 0 aliphatic rings. The van der Waals surface area contributed by atoms with E-state index < -0.39 is 20.6 Å². The zero-order valence-electron chi connectivity index (χ0n) is 10.5.